The minimum absolute atomic E-state index is 0.219. The standard InChI is InChI=1S/C21H30O2/c1-19-8-5-15(22)13-14(19)3-4-16-17(19)6-9-20(2)18(16)7-10-21(20)11-12-23-21/h3-4,13,15-18,22H,5-12H2,1-2H3/t15-,16+,17-,18-,19+,20+,21-/m1/s1. The number of aliphatic hydroxyl groups is 1. The molecule has 0 bridgehead atoms. The maximum atomic E-state index is 10.0. The first kappa shape index (κ1) is 14.7. The molecule has 0 amide bonds. The highest BCUT2D eigenvalue weighted by Gasteiger charge is 2.66. The Morgan fingerprint density at radius 2 is 1.83 bits per heavy atom. The lowest BCUT2D eigenvalue weighted by Gasteiger charge is -2.60. The molecule has 1 spiro atoms. The van der Waals surface area contributed by atoms with Gasteiger partial charge in [-0.15, -0.1) is 0 Å². The van der Waals surface area contributed by atoms with Crippen molar-refractivity contribution in [2.45, 2.75) is 70.5 Å². The van der Waals surface area contributed by atoms with Crippen LogP contribution in [0.1, 0.15) is 58.8 Å². The van der Waals surface area contributed by atoms with E-state index in [2.05, 4.69) is 32.1 Å². The van der Waals surface area contributed by atoms with Gasteiger partial charge in [-0.05, 0) is 67.3 Å². The van der Waals surface area contributed by atoms with Crippen molar-refractivity contribution >= 4 is 0 Å². The Labute approximate surface area is 140 Å². The van der Waals surface area contributed by atoms with Crippen LogP contribution in [0.5, 0.6) is 0 Å². The van der Waals surface area contributed by atoms with Crippen LogP contribution in [0.15, 0.2) is 23.8 Å². The SMILES string of the molecule is C[C@]12CC[C@@H](O)C=C1C=C[C@H]1[C@H]2CC[C@@]2(C)[C@@H]1CC[C@@]21CCO1. The zero-order valence-corrected chi connectivity index (χ0v) is 14.6. The fourth-order valence-corrected chi connectivity index (χ4v) is 7.23. The number of ether oxygens (including phenoxy) is 1. The molecule has 1 aliphatic heterocycles. The molecule has 0 aromatic heterocycles. The van der Waals surface area contributed by atoms with Gasteiger partial charge in [0, 0.05) is 11.8 Å². The summed E-state index contributed by atoms with van der Waals surface area (Å²) >= 11 is 0. The smallest absolute Gasteiger partial charge is 0.0760 e. The average molecular weight is 314 g/mol. The first-order valence-corrected chi connectivity index (χ1v) is 9.71. The zero-order valence-electron chi connectivity index (χ0n) is 14.6. The Morgan fingerprint density at radius 1 is 1.04 bits per heavy atom. The lowest BCUT2D eigenvalue weighted by molar-refractivity contribution is -0.223. The fraction of sp³-hybridized carbons (Fsp3) is 0.810. The molecule has 0 unspecified atom stereocenters. The second-order valence-electron chi connectivity index (χ2n) is 9.38. The Balaban J connectivity index is 1.54. The average Bonchev–Trinajstić information content (AvgIpc) is 2.81. The monoisotopic (exact) mass is 314 g/mol. The Hall–Kier alpha value is -0.600. The number of hydrogen-bond donors (Lipinski definition) is 1. The molecule has 5 aliphatic rings. The summed E-state index contributed by atoms with van der Waals surface area (Å²) in [7, 11) is 0. The van der Waals surface area contributed by atoms with Crippen molar-refractivity contribution in [3.05, 3.63) is 23.8 Å². The minimum atomic E-state index is -0.230. The van der Waals surface area contributed by atoms with Crippen molar-refractivity contribution < 1.29 is 9.84 Å². The Morgan fingerprint density at radius 3 is 2.57 bits per heavy atom. The summed E-state index contributed by atoms with van der Waals surface area (Å²) < 4.78 is 6.21. The van der Waals surface area contributed by atoms with Crippen LogP contribution >= 0.6 is 0 Å². The predicted octanol–water partition coefficient (Wildman–Crippen LogP) is 4.25. The molecule has 0 aromatic carbocycles. The normalized spacial score (nSPS) is 57.3. The van der Waals surface area contributed by atoms with E-state index in [-0.39, 0.29) is 17.1 Å². The quantitative estimate of drug-likeness (QED) is 0.724. The molecule has 4 aliphatic carbocycles. The predicted molar refractivity (Wildman–Crippen MR) is 90.9 cm³/mol. The van der Waals surface area contributed by atoms with Crippen molar-refractivity contribution in [3.8, 4) is 0 Å². The Bertz CT molecular complexity index is 587. The van der Waals surface area contributed by atoms with Gasteiger partial charge in [-0.2, -0.15) is 0 Å². The second-order valence-corrected chi connectivity index (χ2v) is 9.38. The highest BCUT2D eigenvalue weighted by Crippen LogP contribution is 2.69. The van der Waals surface area contributed by atoms with Crippen LogP contribution in [0, 0.1) is 28.6 Å². The van der Waals surface area contributed by atoms with E-state index >= 15 is 0 Å². The van der Waals surface area contributed by atoms with Crippen molar-refractivity contribution in [2.24, 2.45) is 28.6 Å². The van der Waals surface area contributed by atoms with Crippen LogP contribution in [0.3, 0.4) is 0 Å². The highest BCUT2D eigenvalue weighted by atomic mass is 16.5. The minimum Gasteiger partial charge on any atom is -0.389 e. The van der Waals surface area contributed by atoms with E-state index in [9.17, 15) is 5.11 Å². The third kappa shape index (κ3) is 1.67. The van der Waals surface area contributed by atoms with Gasteiger partial charge in [0.15, 0.2) is 0 Å². The largest absolute Gasteiger partial charge is 0.389 e. The van der Waals surface area contributed by atoms with Gasteiger partial charge in [-0.25, -0.2) is 0 Å². The maximum absolute atomic E-state index is 10.0. The van der Waals surface area contributed by atoms with Crippen molar-refractivity contribution in [1.29, 1.82) is 0 Å². The molecule has 126 valence electrons. The van der Waals surface area contributed by atoms with Crippen LogP contribution in [0.2, 0.25) is 0 Å². The van der Waals surface area contributed by atoms with Crippen molar-refractivity contribution in [1.82, 2.24) is 0 Å². The number of allylic oxidation sites excluding steroid dienone is 3. The zero-order chi connectivity index (χ0) is 15.9. The van der Waals surface area contributed by atoms with Gasteiger partial charge in [-0.3, -0.25) is 0 Å². The van der Waals surface area contributed by atoms with E-state index in [0.29, 0.717) is 5.41 Å². The molecule has 5 rings (SSSR count). The summed E-state index contributed by atoms with van der Waals surface area (Å²) in [4.78, 5) is 0. The van der Waals surface area contributed by atoms with E-state index in [0.717, 1.165) is 37.2 Å². The molecule has 1 heterocycles. The third-order valence-corrected chi connectivity index (χ3v) is 8.81. The molecule has 23 heavy (non-hydrogen) atoms. The topological polar surface area (TPSA) is 29.5 Å². The molecule has 2 heteroatoms. The van der Waals surface area contributed by atoms with Crippen LogP contribution in [0.4, 0.5) is 0 Å². The lowest BCUT2D eigenvalue weighted by Crippen LogP contribution is -2.58. The van der Waals surface area contributed by atoms with Gasteiger partial charge in [0.05, 0.1) is 18.3 Å². The van der Waals surface area contributed by atoms with Gasteiger partial charge in [0.2, 0.25) is 0 Å². The maximum Gasteiger partial charge on any atom is 0.0760 e. The lowest BCUT2D eigenvalue weighted by atomic mass is 9.47. The van der Waals surface area contributed by atoms with E-state index in [1.54, 1.807) is 0 Å². The van der Waals surface area contributed by atoms with Gasteiger partial charge in [0.1, 0.15) is 0 Å². The van der Waals surface area contributed by atoms with Crippen molar-refractivity contribution in [3.63, 3.8) is 0 Å². The summed E-state index contributed by atoms with van der Waals surface area (Å²) in [6.45, 7) is 5.99. The van der Waals surface area contributed by atoms with E-state index in [1.807, 2.05) is 0 Å². The summed E-state index contributed by atoms with van der Waals surface area (Å²) in [5, 5.41) is 10.0. The second kappa shape index (κ2) is 4.52. The summed E-state index contributed by atoms with van der Waals surface area (Å²) in [6.07, 6.45) is 15.4. The molecule has 7 atom stereocenters. The van der Waals surface area contributed by atoms with Gasteiger partial charge < -0.3 is 9.84 Å². The van der Waals surface area contributed by atoms with Crippen molar-refractivity contribution in [2.75, 3.05) is 6.61 Å². The summed E-state index contributed by atoms with van der Waals surface area (Å²) in [5.74, 6) is 2.28. The number of rotatable bonds is 0. The summed E-state index contributed by atoms with van der Waals surface area (Å²) in [5.41, 5.74) is 2.31. The summed E-state index contributed by atoms with van der Waals surface area (Å²) in [6, 6.07) is 0. The van der Waals surface area contributed by atoms with Crippen LogP contribution in [-0.4, -0.2) is 23.4 Å². The first-order valence-electron chi connectivity index (χ1n) is 9.71. The molecule has 2 nitrogen and oxygen atoms in total. The van der Waals surface area contributed by atoms with E-state index in [4.69, 9.17) is 4.74 Å². The third-order valence-electron chi connectivity index (χ3n) is 8.81. The van der Waals surface area contributed by atoms with Gasteiger partial charge in [0.25, 0.3) is 0 Å². The van der Waals surface area contributed by atoms with Gasteiger partial charge in [-0.1, -0.05) is 32.1 Å². The molecular weight excluding hydrogens is 284 g/mol. The molecule has 0 radical (unpaired) electrons. The van der Waals surface area contributed by atoms with Crippen LogP contribution < -0.4 is 0 Å². The van der Waals surface area contributed by atoms with Crippen LogP contribution in [0.25, 0.3) is 0 Å². The molecule has 1 saturated heterocycles. The molecule has 2 saturated carbocycles. The van der Waals surface area contributed by atoms with Crippen LogP contribution in [-0.2, 0) is 4.74 Å². The molecule has 3 fully saturated rings. The van der Waals surface area contributed by atoms with Gasteiger partial charge >= 0.3 is 0 Å². The van der Waals surface area contributed by atoms with E-state index in [1.165, 1.54) is 37.7 Å². The number of fused-ring (bicyclic) bond motifs is 6. The first-order chi connectivity index (χ1) is 11.0. The fourth-order valence-electron chi connectivity index (χ4n) is 7.23. The van der Waals surface area contributed by atoms with E-state index < -0.39 is 0 Å². The molecule has 1 N–H and O–H groups in total. The number of aliphatic hydroxyl groups excluding tert-OH is 1. The number of hydrogen-bond acceptors (Lipinski definition) is 2. The highest BCUT2D eigenvalue weighted by molar-refractivity contribution is 5.36. The molecule has 0 aromatic rings. The Kier molecular flexibility index (Phi) is 2.89. The molecular formula is C21H30O2.